The number of benzene rings is 1. The Morgan fingerprint density at radius 2 is 2.00 bits per heavy atom. The van der Waals surface area contributed by atoms with Crippen molar-refractivity contribution < 1.29 is 9.13 Å². The Kier molecular flexibility index (Phi) is 4.56. The molecule has 2 nitrogen and oxygen atoms in total. The molecule has 0 aliphatic carbocycles. The summed E-state index contributed by atoms with van der Waals surface area (Å²) in [5.74, 6) is 0.223. The minimum absolute atomic E-state index is 0.176. The lowest BCUT2D eigenvalue weighted by molar-refractivity contribution is 0.303. The fraction of sp³-hybridized carbons (Fsp3) is 0.333. The molecule has 0 amide bonds. The number of aryl methyl sites for hydroxylation is 1. The van der Waals surface area contributed by atoms with Gasteiger partial charge in [0.05, 0.1) is 0 Å². The molecule has 1 atom stereocenters. The van der Waals surface area contributed by atoms with Crippen LogP contribution < -0.4 is 10.5 Å². The molecule has 0 aliphatic heterocycles. The van der Waals surface area contributed by atoms with Crippen LogP contribution in [0.4, 0.5) is 4.39 Å². The summed E-state index contributed by atoms with van der Waals surface area (Å²) in [5, 5.41) is 0. The molecule has 2 aromatic rings. The first-order valence-corrected chi connectivity index (χ1v) is 7.17. The minimum Gasteiger partial charge on any atom is -0.488 e. The number of halogens is 1. The molecule has 4 heteroatoms. The monoisotopic (exact) mass is 279 g/mol. The van der Waals surface area contributed by atoms with Gasteiger partial charge in [-0.2, -0.15) is 0 Å². The van der Waals surface area contributed by atoms with Gasteiger partial charge in [0.2, 0.25) is 0 Å². The lowest BCUT2D eigenvalue weighted by atomic mass is 10.1. The summed E-state index contributed by atoms with van der Waals surface area (Å²) in [5.41, 5.74) is 6.69. The number of rotatable bonds is 5. The lowest BCUT2D eigenvalue weighted by Crippen LogP contribution is -2.08. The summed E-state index contributed by atoms with van der Waals surface area (Å²) >= 11 is 1.72. The van der Waals surface area contributed by atoms with E-state index in [-0.39, 0.29) is 11.9 Å². The van der Waals surface area contributed by atoms with Gasteiger partial charge in [-0.25, -0.2) is 4.39 Å². The molecular weight excluding hydrogens is 261 g/mol. The fourth-order valence-corrected chi connectivity index (χ4v) is 2.72. The molecular formula is C15H18FNOS. The van der Waals surface area contributed by atoms with E-state index in [4.69, 9.17) is 10.5 Å². The zero-order valence-electron chi connectivity index (χ0n) is 11.2. The summed E-state index contributed by atoms with van der Waals surface area (Å²) in [4.78, 5) is 2.46. The van der Waals surface area contributed by atoms with Crippen LogP contribution in [0.25, 0.3) is 0 Å². The maximum Gasteiger partial charge on any atom is 0.127 e. The van der Waals surface area contributed by atoms with Crippen molar-refractivity contribution in [1.82, 2.24) is 0 Å². The fourth-order valence-electron chi connectivity index (χ4n) is 1.85. The summed E-state index contributed by atoms with van der Waals surface area (Å²) in [6, 6.07) is 8.46. The van der Waals surface area contributed by atoms with Gasteiger partial charge in [-0.3, -0.25) is 0 Å². The van der Waals surface area contributed by atoms with Crippen molar-refractivity contribution in [2.45, 2.75) is 32.9 Å². The van der Waals surface area contributed by atoms with E-state index in [9.17, 15) is 4.39 Å². The SMILES string of the molecule is CCc1ccc(COc2cc(F)ccc2[C@H](C)N)s1. The Morgan fingerprint density at radius 1 is 1.26 bits per heavy atom. The minimum atomic E-state index is -0.306. The van der Waals surface area contributed by atoms with E-state index in [1.165, 1.54) is 17.0 Å². The second-order valence-corrected chi connectivity index (χ2v) is 5.73. The van der Waals surface area contributed by atoms with Crippen LogP contribution in [0.15, 0.2) is 30.3 Å². The number of thiophene rings is 1. The zero-order valence-corrected chi connectivity index (χ0v) is 12.0. The predicted octanol–water partition coefficient (Wildman–Crippen LogP) is 4.05. The van der Waals surface area contributed by atoms with E-state index in [1.54, 1.807) is 17.4 Å². The van der Waals surface area contributed by atoms with Gasteiger partial charge in [-0.1, -0.05) is 13.0 Å². The van der Waals surface area contributed by atoms with Crippen molar-refractivity contribution in [3.63, 3.8) is 0 Å². The first kappa shape index (κ1) is 14.0. The number of ether oxygens (including phenoxy) is 1. The first-order chi connectivity index (χ1) is 9.10. The predicted molar refractivity (Wildman–Crippen MR) is 77.0 cm³/mol. The van der Waals surface area contributed by atoms with Crippen molar-refractivity contribution in [2.75, 3.05) is 0 Å². The Morgan fingerprint density at radius 3 is 2.63 bits per heavy atom. The van der Waals surface area contributed by atoms with Crippen LogP contribution in [0.5, 0.6) is 5.75 Å². The Bertz CT molecular complexity index is 551. The van der Waals surface area contributed by atoms with Crippen LogP contribution in [0.1, 0.15) is 35.2 Å². The van der Waals surface area contributed by atoms with Gasteiger partial charge in [0.1, 0.15) is 18.2 Å². The highest BCUT2D eigenvalue weighted by molar-refractivity contribution is 7.11. The maximum atomic E-state index is 13.3. The summed E-state index contributed by atoms with van der Waals surface area (Å²) in [7, 11) is 0. The molecule has 1 aromatic heterocycles. The van der Waals surface area contributed by atoms with E-state index in [0.29, 0.717) is 12.4 Å². The van der Waals surface area contributed by atoms with Crippen molar-refractivity contribution in [3.05, 3.63) is 51.5 Å². The van der Waals surface area contributed by atoms with E-state index in [2.05, 4.69) is 13.0 Å². The van der Waals surface area contributed by atoms with Crippen molar-refractivity contribution in [2.24, 2.45) is 5.73 Å². The molecule has 19 heavy (non-hydrogen) atoms. The van der Waals surface area contributed by atoms with Crippen LogP contribution in [0, 0.1) is 5.82 Å². The van der Waals surface area contributed by atoms with Gasteiger partial charge in [-0.15, -0.1) is 11.3 Å². The number of nitrogens with two attached hydrogens (primary N) is 1. The van der Waals surface area contributed by atoms with Gasteiger partial charge >= 0.3 is 0 Å². The highest BCUT2D eigenvalue weighted by Crippen LogP contribution is 2.27. The van der Waals surface area contributed by atoms with Crippen molar-refractivity contribution >= 4 is 11.3 Å². The van der Waals surface area contributed by atoms with E-state index < -0.39 is 0 Å². The third-order valence-electron chi connectivity index (χ3n) is 2.90. The summed E-state index contributed by atoms with van der Waals surface area (Å²) in [6.07, 6.45) is 1.02. The first-order valence-electron chi connectivity index (χ1n) is 6.35. The molecule has 1 aromatic carbocycles. The molecule has 0 bridgehead atoms. The number of hydrogen-bond acceptors (Lipinski definition) is 3. The molecule has 0 spiro atoms. The molecule has 0 unspecified atom stereocenters. The molecule has 0 saturated heterocycles. The van der Waals surface area contributed by atoms with Gasteiger partial charge < -0.3 is 10.5 Å². The molecule has 1 heterocycles. The molecule has 0 saturated carbocycles. The quantitative estimate of drug-likeness (QED) is 0.896. The molecule has 2 N–H and O–H groups in total. The van der Waals surface area contributed by atoms with Crippen LogP contribution >= 0.6 is 11.3 Å². The lowest BCUT2D eigenvalue weighted by Gasteiger charge is -2.13. The van der Waals surface area contributed by atoms with Gasteiger partial charge in [0.15, 0.2) is 0 Å². The van der Waals surface area contributed by atoms with Crippen LogP contribution in [-0.4, -0.2) is 0 Å². The highest BCUT2D eigenvalue weighted by Gasteiger charge is 2.10. The maximum absolute atomic E-state index is 13.3. The molecule has 102 valence electrons. The van der Waals surface area contributed by atoms with E-state index >= 15 is 0 Å². The molecule has 0 fully saturated rings. The topological polar surface area (TPSA) is 35.2 Å². The standard InChI is InChI=1S/C15H18FNOS/c1-3-12-5-6-13(19-12)9-18-15-8-11(16)4-7-14(15)10(2)17/h4-8,10H,3,9,17H2,1-2H3/t10-/m0/s1. The van der Waals surface area contributed by atoms with Crippen LogP contribution in [0.3, 0.4) is 0 Å². The van der Waals surface area contributed by atoms with E-state index in [0.717, 1.165) is 16.9 Å². The average molecular weight is 279 g/mol. The molecule has 0 aliphatic rings. The second-order valence-electron chi connectivity index (χ2n) is 4.48. The Hall–Kier alpha value is -1.39. The summed E-state index contributed by atoms with van der Waals surface area (Å²) < 4.78 is 19.0. The van der Waals surface area contributed by atoms with Crippen molar-refractivity contribution in [1.29, 1.82) is 0 Å². The second kappa shape index (κ2) is 6.17. The largest absolute Gasteiger partial charge is 0.488 e. The molecule has 0 radical (unpaired) electrons. The van der Waals surface area contributed by atoms with E-state index in [1.807, 2.05) is 13.0 Å². The highest BCUT2D eigenvalue weighted by atomic mass is 32.1. The van der Waals surface area contributed by atoms with Gasteiger partial charge in [-0.05, 0) is 31.5 Å². The normalized spacial score (nSPS) is 12.4. The number of hydrogen-bond donors (Lipinski definition) is 1. The third kappa shape index (κ3) is 3.55. The Balaban J connectivity index is 2.12. The van der Waals surface area contributed by atoms with Gasteiger partial charge in [0.25, 0.3) is 0 Å². The third-order valence-corrected chi connectivity index (χ3v) is 4.10. The molecule has 2 rings (SSSR count). The van der Waals surface area contributed by atoms with Crippen molar-refractivity contribution in [3.8, 4) is 5.75 Å². The smallest absolute Gasteiger partial charge is 0.127 e. The van der Waals surface area contributed by atoms with Crippen LogP contribution in [0.2, 0.25) is 0 Å². The Labute approximate surface area is 117 Å². The van der Waals surface area contributed by atoms with Gasteiger partial charge in [0, 0.05) is 27.4 Å². The zero-order chi connectivity index (χ0) is 13.8. The van der Waals surface area contributed by atoms with Crippen LogP contribution in [-0.2, 0) is 13.0 Å². The summed E-state index contributed by atoms with van der Waals surface area (Å²) in [6.45, 7) is 4.44. The average Bonchev–Trinajstić information content (AvgIpc) is 2.84.